The molecule has 2 rings (SSSR count). The molecule has 1 aliphatic carbocycles. The highest BCUT2D eigenvalue weighted by Gasteiger charge is 2.40. The highest BCUT2D eigenvalue weighted by atomic mass is 17.2. The molecule has 23 heavy (non-hydrogen) atoms. The van der Waals surface area contributed by atoms with E-state index in [-0.39, 0.29) is 11.7 Å². The van der Waals surface area contributed by atoms with Crippen molar-refractivity contribution in [3.05, 3.63) is 12.2 Å². The van der Waals surface area contributed by atoms with Crippen LogP contribution < -0.4 is 0 Å². The zero-order valence-corrected chi connectivity index (χ0v) is 15.1. The third kappa shape index (κ3) is 4.36. The van der Waals surface area contributed by atoms with E-state index in [0.717, 1.165) is 32.1 Å². The van der Waals surface area contributed by atoms with Gasteiger partial charge in [0.1, 0.15) is 11.7 Å². The predicted octanol–water partition coefficient (Wildman–Crippen LogP) is 4.74. The van der Waals surface area contributed by atoms with E-state index in [1.54, 1.807) is 6.92 Å². The number of aliphatic carboxylic acids is 1. The molecular formula is C19H32O4. The number of carboxylic acids is 1. The lowest BCUT2D eigenvalue weighted by atomic mass is 9.64. The van der Waals surface area contributed by atoms with Crippen LogP contribution in [0, 0.1) is 17.3 Å². The minimum atomic E-state index is -0.831. The lowest BCUT2D eigenvalue weighted by molar-refractivity contribution is -0.411. The molecule has 0 aromatic heterocycles. The molecule has 0 radical (unpaired) electrons. The Kier molecular flexibility index (Phi) is 5.57. The van der Waals surface area contributed by atoms with Crippen LogP contribution in [0.5, 0.6) is 0 Å². The highest BCUT2D eigenvalue weighted by Crippen LogP contribution is 2.47. The van der Waals surface area contributed by atoms with Crippen LogP contribution in [0.1, 0.15) is 72.6 Å². The maximum atomic E-state index is 11.1. The lowest BCUT2D eigenvalue weighted by Crippen LogP contribution is -2.42. The third-order valence-corrected chi connectivity index (χ3v) is 5.99. The van der Waals surface area contributed by atoms with E-state index in [0.29, 0.717) is 11.3 Å². The molecule has 0 spiro atoms. The summed E-state index contributed by atoms with van der Waals surface area (Å²) in [5.74, 6) is -0.827. The monoisotopic (exact) mass is 324 g/mol. The Hall–Kier alpha value is -0.870. The fourth-order valence-corrected chi connectivity index (χ4v) is 4.09. The molecule has 132 valence electrons. The van der Waals surface area contributed by atoms with Crippen molar-refractivity contribution in [1.29, 1.82) is 0 Å². The number of hydrogen-bond acceptors (Lipinski definition) is 3. The summed E-state index contributed by atoms with van der Waals surface area (Å²) in [5, 5.41) is 9.08. The molecule has 4 heteroatoms. The van der Waals surface area contributed by atoms with Gasteiger partial charge in [-0.1, -0.05) is 26.0 Å². The molecule has 0 amide bonds. The molecule has 4 atom stereocenters. The molecule has 1 unspecified atom stereocenters. The van der Waals surface area contributed by atoms with Crippen molar-refractivity contribution in [2.45, 2.75) is 84.3 Å². The zero-order valence-electron chi connectivity index (χ0n) is 15.1. The molecule has 0 bridgehead atoms. The van der Waals surface area contributed by atoms with Crippen molar-refractivity contribution in [1.82, 2.24) is 0 Å². The summed E-state index contributed by atoms with van der Waals surface area (Å²) in [6.07, 6.45) is 6.85. The van der Waals surface area contributed by atoms with Crippen LogP contribution in [-0.2, 0) is 14.6 Å². The second-order valence-corrected chi connectivity index (χ2v) is 8.43. The van der Waals surface area contributed by atoms with Crippen LogP contribution in [-0.4, -0.2) is 22.8 Å². The first kappa shape index (κ1) is 18.5. The van der Waals surface area contributed by atoms with Crippen LogP contribution in [0.25, 0.3) is 0 Å². The molecule has 0 aromatic carbocycles. The van der Waals surface area contributed by atoms with Gasteiger partial charge in [-0.15, -0.1) is 0 Å². The van der Waals surface area contributed by atoms with E-state index in [1.807, 2.05) is 0 Å². The largest absolute Gasteiger partial charge is 0.481 e. The Balaban J connectivity index is 1.88. The van der Waals surface area contributed by atoms with E-state index in [4.69, 9.17) is 14.9 Å². The summed E-state index contributed by atoms with van der Waals surface area (Å²) in [6, 6.07) is 0. The van der Waals surface area contributed by atoms with Gasteiger partial charge in [0.2, 0.25) is 0 Å². The quantitative estimate of drug-likeness (QED) is 0.586. The van der Waals surface area contributed by atoms with Crippen LogP contribution in [0.15, 0.2) is 12.2 Å². The SMILES string of the molecule is C=C1CCCC(C)(C)C1CC[C@@]1(C)CC[C@H]([C@H](C)C(=O)O)OO1. The summed E-state index contributed by atoms with van der Waals surface area (Å²) in [4.78, 5) is 22.1. The van der Waals surface area contributed by atoms with Gasteiger partial charge in [-0.25, -0.2) is 9.78 Å². The summed E-state index contributed by atoms with van der Waals surface area (Å²) in [5.41, 5.74) is 1.36. The molecule has 1 N–H and O–H groups in total. The molecule has 4 nitrogen and oxygen atoms in total. The topological polar surface area (TPSA) is 55.8 Å². The summed E-state index contributed by atoms with van der Waals surface area (Å²) < 4.78 is 0. The first-order valence-electron chi connectivity index (χ1n) is 8.90. The van der Waals surface area contributed by atoms with Crippen molar-refractivity contribution in [3.63, 3.8) is 0 Å². The Bertz CT molecular complexity index is 446. The number of carboxylic acid groups (broad SMARTS) is 1. The Morgan fingerprint density at radius 1 is 1.39 bits per heavy atom. The van der Waals surface area contributed by atoms with E-state index < -0.39 is 11.9 Å². The van der Waals surface area contributed by atoms with Crippen LogP contribution >= 0.6 is 0 Å². The second-order valence-electron chi connectivity index (χ2n) is 8.43. The molecule has 1 saturated carbocycles. The van der Waals surface area contributed by atoms with Gasteiger partial charge in [0.25, 0.3) is 0 Å². The van der Waals surface area contributed by atoms with Gasteiger partial charge in [0, 0.05) is 0 Å². The zero-order chi connectivity index (χ0) is 17.3. The molecule has 2 fully saturated rings. The van der Waals surface area contributed by atoms with Crippen LogP contribution in [0.4, 0.5) is 0 Å². The van der Waals surface area contributed by atoms with Gasteiger partial charge < -0.3 is 5.11 Å². The smallest absolute Gasteiger partial charge is 0.308 e. The van der Waals surface area contributed by atoms with Crippen LogP contribution in [0.3, 0.4) is 0 Å². The molecule has 1 saturated heterocycles. The van der Waals surface area contributed by atoms with Crippen molar-refractivity contribution < 1.29 is 19.7 Å². The minimum Gasteiger partial charge on any atom is -0.481 e. The fraction of sp³-hybridized carbons (Fsp3) is 0.842. The number of rotatable bonds is 5. The lowest BCUT2D eigenvalue weighted by Gasteiger charge is -2.43. The molecule has 0 aromatic rings. The van der Waals surface area contributed by atoms with Gasteiger partial charge in [-0.2, -0.15) is 0 Å². The van der Waals surface area contributed by atoms with E-state index >= 15 is 0 Å². The summed E-state index contributed by atoms with van der Waals surface area (Å²) in [7, 11) is 0. The number of hydrogen-bond donors (Lipinski definition) is 1. The molecule has 2 aliphatic rings. The number of carbonyl (C=O) groups is 1. The average molecular weight is 324 g/mol. The molecule has 1 aliphatic heterocycles. The van der Waals surface area contributed by atoms with Crippen LogP contribution in [0.2, 0.25) is 0 Å². The fourth-order valence-electron chi connectivity index (χ4n) is 4.09. The van der Waals surface area contributed by atoms with Crippen molar-refractivity contribution in [3.8, 4) is 0 Å². The molecule has 1 heterocycles. The Morgan fingerprint density at radius 3 is 2.61 bits per heavy atom. The molecular weight excluding hydrogens is 292 g/mol. The summed E-state index contributed by atoms with van der Waals surface area (Å²) >= 11 is 0. The first-order valence-corrected chi connectivity index (χ1v) is 8.90. The highest BCUT2D eigenvalue weighted by molar-refractivity contribution is 5.70. The van der Waals surface area contributed by atoms with Crippen molar-refractivity contribution in [2.24, 2.45) is 17.3 Å². The van der Waals surface area contributed by atoms with E-state index in [1.165, 1.54) is 18.4 Å². The van der Waals surface area contributed by atoms with E-state index in [2.05, 4.69) is 27.4 Å². The maximum Gasteiger partial charge on any atom is 0.308 e. The predicted molar refractivity (Wildman–Crippen MR) is 89.9 cm³/mol. The van der Waals surface area contributed by atoms with E-state index in [9.17, 15) is 4.79 Å². The second kappa shape index (κ2) is 6.94. The van der Waals surface area contributed by atoms with Gasteiger partial charge >= 0.3 is 5.97 Å². The maximum absolute atomic E-state index is 11.1. The van der Waals surface area contributed by atoms with Gasteiger partial charge in [0.15, 0.2) is 0 Å². The normalized spacial score (nSPS) is 35.7. The van der Waals surface area contributed by atoms with Crippen molar-refractivity contribution in [2.75, 3.05) is 0 Å². The third-order valence-electron chi connectivity index (χ3n) is 5.99. The Labute approximate surface area is 140 Å². The van der Waals surface area contributed by atoms with Gasteiger partial charge in [0.05, 0.1) is 5.92 Å². The van der Waals surface area contributed by atoms with Crippen molar-refractivity contribution >= 4 is 5.97 Å². The standard InChI is InChI=1S/C19H32O4/c1-13-7-6-10-18(3,4)15(13)8-11-19(5)12-9-16(22-23-19)14(2)17(20)21/h14-16H,1,6-12H2,2-5H3,(H,20,21)/t14-,15?,16+,19-/m0/s1. The Morgan fingerprint density at radius 2 is 2.09 bits per heavy atom. The summed E-state index contributed by atoms with van der Waals surface area (Å²) in [6.45, 7) is 12.7. The minimum absolute atomic E-state index is 0.307. The average Bonchev–Trinajstić information content (AvgIpc) is 2.46. The van der Waals surface area contributed by atoms with Gasteiger partial charge in [-0.05, 0) is 70.1 Å². The van der Waals surface area contributed by atoms with Gasteiger partial charge in [-0.3, -0.25) is 4.79 Å². The first-order chi connectivity index (χ1) is 10.6. The number of allylic oxidation sites excluding steroid dienone is 1.